The molecule has 0 radical (unpaired) electrons. The standard InChI is InChI=1S/C29H51N5O4Si2.C18H33ClN4O2Si2.C17H30BNO4/c1-29(2,3)38-28(35)31-24-12-10-23(11-13-24)25-20-27(34-26(32-25)14-15-30-34)33(21-36-16-18-39(4,5)6)22-37-17-19-40(7,8)9;1-26(2,3)11-9-24-14-22(15-25-10-12-27(4,5)6)18-13-16(19)21-17-7-8-20-23(17)18;1-15(2,3)21-14(20)19-13-10-8-12(9-11-13)18-22-16(4,5)17(6,7)23-18/h10,14-15,20,24H,11-13,16-19,21-22H2,1-9H3,(H,31,35);7-8,13H,9-12,14-15H2,1-6H3;8,13H,9-11H2,1-7H3,(H,19,20). The molecule has 90 heavy (non-hydrogen) atoms. The first-order valence-corrected chi connectivity index (χ1v) is 47.6. The first kappa shape index (κ1) is 76.6. The van der Waals surface area contributed by atoms with Crippen LogP contribution in [0.15, 0.2) is 54.3 Å². The lowest BCUT2D eigenvalue weighted by atomic mass is 9.72. The molecular weight excluding hydrogens is 1230 g/mol. The van der Waals surface area contributed by atoms with Crippen molar-refractivity contribution in [2.24, 2.45) is 0 Å². The molecule has 0 bridgehead atoms. The molecule has 7 rings (SSSR count). The first-order chi connectivity index (χ1) is 41.5. The monoisotopic (exact) mass is 1340 g/mol. The van der Waals surface area contributed by atoms with Crippen molar-refractivity contribution in [1.82, 2.24) is 39.8 Å². The number of allylic oxidation sites excluding steroid dienone is 2. The molecule has 0 saturated carbocycles. The molecule has 2 atom stereocenters. The molecule has 1 aliphatic heterocycles. The SMILES string of the molecule is CC(C)(C)OC(=O)NC1CC=C(B2OC(C)(C)C(C)(C)O2)CC1.CC(C)(C)OC(=O)NC1CC=C(c2cc(N(COCC[Si](C)(C)C)COCC[Si](C)(C)C)n3nccc3n2)CC1.C[Si](C)(C)CCOCN(COCC[Si](C)(C)C)c1cc(Cl)nc2ccnn12. The summed E-state index contributed by atoms with van der Waals surface area (Å²) in [5.41, 5.74) is 3.16. The second-order valence-electron chi connectivity index (χ2n) is 31.9. The van der Waals surface area contributed by atoms with Crippen LogP contribution < -0.4 is 20.4 Å². The maximum absolute atomic E-state index is 12.2. The highest BCUT2D eigenvalue weighted by atomic mass is 35.5. The maximum Gasteiger partial charge on any atom is 0.490 e. The number of carbonyl (C=O) groups excluding carboxylic acids is 2. The van der Waals surface area contributed by atoms with Crippen LogP contribution in [0.25, 0.3) is 16.9 Å². The van der Waals surface area contributed by atoms with Crippen molar-refractivity contribution in [2.75, 3.05) is 63.2 Å². The van der Waals surface area contributed by atoms with Gasteiger partial charge in [0, 0.05) is 95.1 Å². The van der Waals surface area contributed by atoms with Gasteiger partial charge in [0.2, 0.25) is 0 Å². The smallest absolute Gasteiger partial charge is 0.444 e. The topological polar surface area (TPSA) is 199 Å². The highest BCUT2D eigenvalue weighted by Gasteiger charge is 2.52. The van der Waals surface area contributed by atoms with Gasteiger partial charge in [-0.1, -0.05) is 102 Å². The quantitative estimate of drug-likeness (QED) is 0.0260. The van der Waals surface area contributed by atoms with Gasteiger partial charge in [0.05, 0.1) is 29.3 Å². The van der Waals surface area contributed by atoms with E-state index in [2.05, 4.69) is 155 Å². The summed E-state index contributed by atoms with van der Waals surface area (Å²) in [6, 6.07) is 12.3. The van der Waals surface area contributed by atoms with Crippen LogP contribution in [-0.4, -0.2) is 169 Å². The van der Waals surface area contributed by atoms with Gasteiger partial charge < -0.3 is 58.2 Å². The van der Waals surface area contributed by atoms with E-state index in [0.29, 0.717) is 37.7 Å². The van der Waals surface area contributed by atoms with Crippen LogP contribution in [-0.2, 0) is 37.7 Å². The van der Waals surface area contributed by atoms with Crippen molar-refractivity contribution in [2.45, 2.75) is 245 Å². The summed E-state index contributed by atoms with van der Waals surface area (Å²) >= 11 is 6.22. The number of hydrogen-bond acceptors (Lipinski definition) is 16. The largest absolute Gasteiger partial charge is 0.490 e. The Bertz CT molecular complexity index is 2920. The fourth-order valence-electron chi connectivity index (χ4n) is 9.27. The molecule has 3 aliphatic rings. The van der Waals surface area contributed by atoms with E-state index in [0.717, 1.165) is 112 Å². The number of ether oxygens (including phenoxy) is 6. The zero-order chi connectivity index (χ0) is 67.1. The average molecular weight is 1340 g/mol. The second-order valence-corrected chi connectivity index (χ2v) is 54.8. The fourth-order valence-corrected chi connectivity index (χ4v) is 12.5. The van der Waals surface area contributed by atoms with Crippen LogP contribution in [0.1, 0.15) is 113 Å². The number of nitrogens with one attached hydrogen (secondary N) is 2. The van der Waals surface area contributed by atoms with Crippen LogP contribution in [0.2, 0.25) is 108 Å². The number of anilines is 2. The number of fused-ring (bicyclic) bond motifs is 2. The summed E-state index contributed by atoms with van der Waals surface area (Å²) in [6.07, 6.45) is 12.0. The Morgan fingerprint density at radius 1 is 0.600 bits per heavy atom. The number of alkyl carbamates (subject to hydrolysis) is 2. The number of carbonyl (C=O) groups is 2. The molecule has 20 nitrogen and oxygen atoms in total. The van der Waals surface area contributed by atoms with Crippen molar-refractivity contribution >= 4 is 91.7 Å². The summed E-state index contributed by atoms with van der Waals surface area (Å²) in [4.78, 5) is 37.4. The Hall–Kier alpha value is -4.16. The molecule has 2 N–H and O–H groups in total. The third-order valence-electron chi connectivity index (χ3n) is 15.5. The van der Waals surface area contributed by atoms with Gasteiger partial charge in [0.25, 0.3) is 0 Å². The molecule has 1 fully saturated rings. The van der Waals surface area contributed by atoms with Gasteiger partial charge in [-0.2, -0.15) is 19.2 Å². The van der Waals surface area contributed by atoms with Gasteiger partial charge in [-0.05, 0) is 143 Å². The number of hydrogen-bond donors (Lipinski definition) is 2. The van der Waals surface area contributed by atoms with Gasteiger partial charge in [-0.15, -0.1) is 0 Å². The summed E-state index contributed by atoms with van der Waals surface area (Å²) < 4.78 is 50.9. The third-order valence-corrected chi connectivity index (χ3v) is 22.5. The van der Waals surface area contributed by atoms with Crippen molar-refractivity contribution in [3.63, 3.8) is 0 Å². The molecular formula is C64H114BClN10O10Si4. The zero-order valence-corrected chi connectivity index (χ0v) is 63.9. The summed E-state index contributed by atoms with van der Waals surface area (Å²) in [6.45, 7) is 52.4. The first-order valence-electron chi connectivity index (χ1n) is 32.4. The van der Waals surface area contributed by atoms with Crippen LogP contribution in [0.5, 0.6) is 0 Å². The van der Waals surface area contributed by atoms with Gasteiger partial charge in [0.1, 0.15) is 54.9 Å². The Balaban J connectivity index is 0.000000257. The lowest BCUT2D eigenvalue weighted by Gasteiger charge is -2.32. The number of halogens is 1. The summed E-state index contributed by atoms with van der Waals surface area (Å²) in [7, 11) is -4.90. The van der Waals surface area contributed by atoms with Crippen LogP contribution in [0.3, 0.4) is 0 Å². The molecule has 0 aromatic carbocycles. The van der Waals surface area contributed by atoms with Crippen molar-refractivity contribution in [3.05, 3.63) is 65.1 Å². The lowest BCUT2D eigenvalue weighted by molar-refractivity contribution is 0.00578. The molecule has 0 spiro atoms. The van der Waals surface area contributed by atoms with Gasteiger partial charge in [-0.3, -0.25) is 0 Å². The number of nitrogens with zero attached hydrogens (tertiary/aromatic N) is 8. The van der Waals surface area contributed by atoms with Gasteiger partial charge >= 0.3 is 19.3 Å². The molecule has 1 saturated heterocycles. The minimum atomic E-state index is -1.19. The Morgan fingerprint density at radius 2 is 0.978 bits per heavy atom. The van der Waals surface area contributed by atoms with Crippen LogP contribution >= 0.6 is 11.6 Å². The highest BCUT2D eigenvalue weighted by molar-refractivity contribution is 6.77. The van der Waals surface area contributed by atoms with Crippen molar-refractivity contribution in [1.29, 1.82) is 0 Å². The minimum absolute atomic E-state index is 0.0489. The second kappa shape index (κ2) is 32.8. The number of rotatable bonds is 26. The Morgan fingerprint density at radius 3 is 1.33 bits per heavy atom. The minimum Gasteiger partial charge on any atom is -0.444 e. The molecule has 2 aliphatic carbocycles. The molecule has 26 heteroatoms. The van der Waals surface area contributed by atoms with Crippen LogP contribution in [0, 0.1) is 0 Å². The van der Waals surface area contributed by atoms with Crippen molar-refractivity contribution < 1.29 is 47.3 Å². The van der Waals surface area contributed by atoms with E-state index in [-0.39, 0.29) is 42.6 Å². The maximum atomic E-state index is 12.2. The Labute approximate surface area is 549 Å². The summed E-state index contributed by atoms with van der Waals surface area (Å²) in [5, 5.41) is 15.3. The van der Waals surface area contributed by atoms with E-state index < -0.39 is 43.5 Å². The van der Waals surface area contributed by atoms with Gasteiger partial charge in [0.15, 0.2) is 11.3 Å². The van der Waals surface area contributed by atoms with E-state index in [1.54, 1.807) is 16.9 Å². The fraction of sp³-hybridized carbons (Fsp3) is 0.719. The molecule has 5 heterocycles. The predicted molar refractivity (Wildman–Crippen MR) is 378 cm³/mol. The summed E-state index contributed by atoms with van der Waals surface area (Å²) in [5.74, 6) is 1.73. The third kappa shape index (κ3) is 27.4. The molecule has 2 amide bonds. The Kier molecular flexibility index (Phi) is 27.9. The predicted octanol–water partition coefficient (Wildman–Crippen LogP) is 15.1. The average Bonchev–Trinajstić information content (AvgIpc) is 1.51. The number of amides is 2. The van der Waals surface area contributed by atoms with E-state index in [1.807, 2.05) is 69.2 Å². The van der Waals surface area contributed by atoms with E-state index in [4.69, 9.17) is 54.3 Å². The van der Waals surface area contributed by atoms with Crippen LogP contribution in [0.4, 0.5) is 21.2 Å². The van der Waals surface area contributed by atoms with Gasteiger partial charge in [-0.25, -0.2) is 19.6 Å². The zero-order valence-electron chi connectivity index (χ0n) is 59.1. The molecule has 4 aromatic heterocycles. The van der Waals surface area contributed by atoms with E-state index >= 15 is 0 Å². The molecule has 4 aromatic rings. The lowest BCUT2D eigenvalue weighted by Crippen LogP contribution is -2.41. The van der Waals surface area contributed by atoms with Crippen molar-refractivity contribution in [3.8, 4) is 0 Å². The van der Waals surface area contributed by atoms with E-state index in [1.165, 1.54) is 11.0 Å². The highest BCUT2D eigenvalue weighted by Crippen LogP contribution is 2.40. The number of aromatic nitrogens is 6. The normalized spacial score (nSPS) is 18.0. The molecule has 2 unspecified atom stereocenters. The van der Waals surface area contributed by atoms with E-state index in [9.17, 15) is 9.59 Å². The molecule has 506 valence electrons.